The number of benzene rings is 1. The summed E-state index contributed by atoms with van der Waals surface area (Å²) in [5.74, 6) is 0.0175. The molecule has 0 spiro atoms. The average Bonchev–Trinajstić information content (AvgIpc) is 3.20. The van der Waals surface area contributed by atoms with Crippen molar-refractivity contribution in [3.05, 3.63) is 94.5 Å². The van der Waals surface area contributed by atoms with Crippen molar-refractivity contribution in [3.8, 4) is 0 Å². The van der Waals surface area contributed by atoms with Crippen LogP contribution in [0, 0.1) is 0 Å². The number of hydrogen-bond donors (Lipinski definition) is 0. The van der Waals surface area contributed by atoms with Gasteiger partial charge in [-0.1, -0.05) is 35.9 Å². The number of hydrogen-bond acceptors (Lipinski definition) is 3. The molecule has 136 valence electrons. The third-order valence-electron chi connectivity index (χ3n) is 4.92. The average molecular weight is 378 g/mol. The predicted molar refractivity (Wildman–Crippen MR) is 106 cm³/mol. The summed E-state index contributed by atoms with van der Waals surface area (Å²) in [5.41, 5.74) is 3.57. The van der Waals surface area contributed by atoms with Gasteiger partial charge < -0.3 is 4.90 Å². The fourth-order valence-corrected chi connectivity index (χ4v) is 3.79. The Morgan fingerprint density at radius 2 is 2.00 bits per heavy atom. The van der Waals surface area contributed by atoms with Gasteiger partial charge in [0.15, 0.2) is 0 Å². The molecule has 1 aliphatic rings. The summed E-state index contributed by atoms with van der Waals surface area (Å²) < 4.78 is 0. The Hall–Kier alpha value is -2.72. The number of rotatable bonds is 4. The van der Waals surface area contributed by atoms with E-state index in [2.05, 4.69) is 4.98 Å². The van der Waals surface area contributed by atoms with E-state index in [-0.39, 0.29) is 11.9 Å². The Labute approximate surface area is 163 Å². The standard InChI is InChI=1S/C22H20ClN3O/c23-19-9-2-1-6-16(19)14-18-8-3-10-20(25-18)21-11-5-13-26(21)22(27)17-7-4-12-24-15-17/h1-4,6-10,12,15,21H,5,11,13-14H2/t21-/m0/s1. The molecule has 0 radical (unpaired) electrons. The van der Waals surface area contributed by atoms with E-state index in [0.29, 0.717) is 12.0 Å². The maximum atomic E-state index is 12.9. The summed E-state index contributed by atoms with van der Waals surface area (Å²) in [5, 5.41) is 0.749. The topological polar surface area (TPSA) is 46.1 Å². The minimum atomic E-state index is 0.00361. The molecule has 27 heavy (non-hydrogen) atoms. The van der Waals surface area contributed by atoms with Crippen LogP contribution < -0.4 is 0 Å². The maximum Gasteiger partial charge on any atom is 0.255 e. The highest BCUT2D eigenvalue weighted by Crippen LogP contribution is 2.32. The fourth-order valence-electron chi connectivity index (χ4n) is 3.59. The molecule has 0 saturated carbocycles. The van der Waals surface area contributed by atoms with Crippen molar-refractivity contribution < 1.29 is 4.79 Å². The van der Waals surface area contributed by atoms with Crippen molar-refractivity contribution >= 4 is 17.5 Å². The Bertz CT molecular complexity index is 945. The largest absolute Gasteiger partial charge is 0.330 e. The van der Waals surface area contributed by atoms with Gasteiger partial charge in [0.05, 0.1) is 17.3 Å². The molecule has 1 fully saturated rings. The number of amides is 1. The molecular weight excluding hydrogens is 358 g/mol. The summed E-state index contributed by atoms with van der Waals surface area (Å²) in [4.78, 5) is 23.7. The molecule has 3 aromatic rings. The van der Waals surface area contributed by atoms with Gasteiger partial charge in [0, 0.05) is 36.1 Å². The first-order chi connectivity index (χ1) is 13.2. The number of carbonyl (C=O) groups is 1. The normalized spacial score (nSPS) is 16.5. The lowest BCUT2D eigenvalue weighted by Gasteiger charge is -2.24. The molecule has 1 atom stereocenters. The molecule has 5 heteroatoms. The third-order valence-corrected chi connectivity index (χ3v) is 5.29. The first-order valence-electron chi connectivity index (χ1n) is 9.12. The van der Waals surface area contributed by atoms with Crippen molar-refractivity contribution in [2.45, 2.75) is 25.3 Å². The minimum absolute atomic E-state index is 0.00361. The first-order valence-corrected chi connectivity index (χ1v) is 9.50. The van der Waals surface area contributed by atoms with Gasteiger partial charge in [-0.25, -0.2) is 0 Å². The minimum Gasteiger partial charge on any atom is -0.330 e. The molecule has 0 unspecified atom stereocenters. The number of likely N-dealkylation sites (tertiary alicyclic amines) is 1. The zero-order chi connectivity index (χ0) is 18.6. The first kappa shape index (κ1) is 17.7. The van der Waals surface area contributed by atoms with Crippen molar-refractivity contribution in [1.82, 2.24) is 14.9 Å². The molecule has 1 aromatic carbocycles. The number of nitrogens with zero attached hydrogens (tertiary/aromatic N) is 3. The van der Waals surface area contributed by atoms with Gasteiger partial charge in [0.2, 0.25) is 0 Å². The smallest absolute Gasteiger partial charge is 0.255 e. The summed E-state index contributed by atoms with van der Waals surface area (Å²) in [6, 6.07) is 17.5. The molecule has 0 aliphatic carbocycles. The fraction of sp³-hybridized carbons (Fsp3) is 0.227. The highest BCUT2D eigenvalue weighted by Gasteiger charge is 2.31. The molecule has 3 heterocycles. The number of pyridine rings is 2. The van der Waals surface area contributed by atoms with Crippen LogP contribution in [0.2, 0.25) is 5.02 Å². The quantitative estimate of drug-likeness (QED) is 0.662. The second kappa shape index (κ2) is 7.89. The SMILES string of the molecule is O=C(c1cccnc1)N1CCC[C@H]1c1cccc(Cc2ccccc2Cl)n1. The third kappa shape index (κ3) is 3.86. The monoisotopic (exact) mass is 377 g/mol. The molecule has 1 aliphatic heterocycles. The van der Waals surface area contributed by atoms with Crippen molar-refractivity contribution in [2.75, 3.05) is 6.54 Å². The van der Waals surface area contributed by atoms with E-state index in [1.165, 1.54) is 0 Å². The van der Waals surface area contributed by atoms with E-state index in [1.54, 1.807) is 18.5 Å². The molecule has 1 saturated heterocycles. The molecule has 2 aromatic heterocycles. The number of aromatic nitrogens is 2. The summed E-state index contributed by atoms with van der Waals surface area (Å²) in [6.45, 7) is 0.745. The summed E-state index contributed by atoms with van der Waals surface area (Å²) >= 11 is 6.29. The highest BCUT2D eigenvalue weighted by atomic mass is 35.5. The Morgan fingerprint density at radius 1 is 1.11 bits per heavy atom. The second-order valence-corrected chi connectivity index (χ2v) is 7.13. The summed E-state index contributed by atoms with van der Waals surface area (Å²) in [6.07, 6.45) is 5.88. The predicted octanol–water partition coefficient (Wildman–Crippen LogP) is 4.70. The lowest BCUT2D eigenvalue weighted by Crippen LogP contribution is -2.31. The Balaban J connectivity index is 1.57. The van der Waals surface area contributed by atoms with Crippen molar-refractivity contribution in [2.24, 2.45) is 0 Å². The van der Waals surface area contributed by atoms with E-state index in [0.717, 1.165) is 41.4 Å². The molecule has 0 N–H and O–H groups in total. The van der Waals surface area contributed by atoms with Crippen LogP contribution in [-0.2, 0) is 6.42 Å². The van der Waals surface area contributed by atoms with Crippen molar-refractivity contribution in [3.63, 3.8) is 0 Å². The van der Waals surface area contributed by atoms with Gasteiger partial charge in [-0.05, 0) is 48.7 Å². The lowest BCUT2D eigenvalue weighted by atomic mass is 10.1. The van der Waals surface area contributed by atoms with E-state index in [4.69, 9.17) is 16.6 Å². The molecular formula is C22H20ClN3O. The van der Waals surface area contributed by atoms with Crippen LogP contribution in [0.3, 0.4) is 0 Å². The molecule has 1 amide bonds. The van der Waals surface area contributed by atoms with E-state index < -0.39 is 0 Å². The summed E-state index contributed by atoms with van der Waals surface area (Å²) in [7, 11) is 0. The van der Waals surface area contributed by atoms with Crippen LogP contribution in [-0.4, -0.2) is 27.3 Å². The van der Waals surface area contributed by atoms with Gasteiger partial charge in [0.25, 0.3) is 5.91 Å². The Morgan fingerprint density at radius 3 is 2.81 bits per heavy atom. The van der Waals surface area contributed by atoms with Gasteiger partial charge in [-0.3, -0.25) is 14.8 Å². The number of carbonyl (C=O) groups excluding carboxylic acids is 1. The van der Waals surface area contributed by atoms with Crippen LogP contribution in [0.15, 0.2) is 67.0 Å². The van der Waals surface area contributed by atoms with Gasteiger partial charge in [-0.15, -0.1) is 0 Å². The highest BCUT2D eigenvalue weighted by molar-refractivity contribution is 6.31. The Kier molecular flexibility index (Phi) is 5.16. The molecule has 4 nitrogen and oxygen atoms in total. The van der Waals surface area contributed by atoms with Crippen LogP contribution in [0.5, 0.6) is 0 Å². The van der Waals surface area contributed by atoms with E-state index in [9.17, 15) is 4.79 Å². The number of halogens is 1. The second-order valence-electron chi connectivity index (χ2n) is 6.72. The zero-order valence-corrected chi connectivity index (χ0v) is 15.6. The van der Waals surface area contributed by atoms with Crippen LogP contribution in [0.4, 0.5) is 0 Å². The van der Waals surface area contributed by atoms with E-state index >= 15 is 0 Å². The lowest BCUT2D eigenvalue weighted by molar-refractivity contribution is 0.0732. The zero-order valence-electron chi connectivity index (χ0n) is 14.9. The molecule has 0 bridgehead atoms. The molecule has 4 rings (SSSR count). The van der Waals surface area contributed by atoms with Crippen LogP contribution >= 0.6 is 11.6 Å². The van der Waals surface area contributed by atoms with E-state index in [1.807, 2.05) is 53.4 Å². The van der Waals surface area contributed by atoms with Crippen LogP contribution in [0.25, 0.3) is 0 Å². The van der Waals surface area contributed by atoms with Gasteiger partial charge >= 0.3 is 0 Å². The maximum absolute atomic E-state index is 12.9. The van der Waals surface area contributed by atoms with Gasteiger partial charge in [0.1, 0.15) is 0 Å². The van der Waals surface area contributed by atoms with Gasteiger partial charge in [-0.2, -0.15) is 0 Å². The van der Waals surface area contributed by atoms with Crippen LogP contribution in [0.1, 0.15) is 46.2 Å². The van der Waals surface area contributed by atoms with Crippen molar-refractivity contribution in [1.29, 1.82) is 0 Å².